The highest BCUT2D eigenvalue weighted by Gasteiger charge is 2.11. The smallest absolute Gasteiger partial charge is 0.323 e. The van der Waals surface area contributed by atoms with Crippen molar-refractivity contribution in [2.75, 3.05) is 14.2 Å². The zero-order valence-corrected chi connectivity index (χ0v) is 9.96. The lowest BCUT2D eigenvalue weighted by molar-refractivity contribution is 0.355. The molecule has 0 amide bonds. The Kier molecular flexibility index (Phi) is 2.91. The van der Waals surface area contributed by atoms with Gasteiger partial charge in [0.15, 0.2) is 11.5 Å². The molecule has 2 aromatic rings. The van der Waals surface area contributed by atoms with Crippen LogP contribution in [0.1, 0.15) is 5.56 Å². The zero-order chi connectivity index (χ0) is 12.4. The molecule has 1 heterocycles. The van der Waals surface area contributed by atoms with Crippen LogP contribution >= 0.6 is 0 Å². The van der Waals surface area contributed by atoms with Gasteiger partial charge in [0, 0.05) is 11.8 Å². The number of hydrogen-bond donors (Lipinski definition) is 2. The van der Waals surface area contributed by atoms with E-state index in [2.05, 4.69) is 9.97 Å². The molecular weight excluding hydrogens is 220 g/mol. The summed E-state index contributed by atoms with van der Waals surface area (Å²) in [6.45, 7) is 1.95. The second-order valence-electron chi connectivity index (χ2n) is 3.68. The molecule has 0 atom stereocenters. The summed E-state index contributed by atoms with van der Waals surface area (Å²) in [7, 11) is 3.17. The summed E-state index contributed by atoms with van der Waals surface area (Å²) in [6.07, 6.45) is 1.64. The van der Waals surface area contributed by atoms with Crippen LogP contribution in [0.5, 0.6) is 11.5 Å². The minimum atomic E-state index is -0.228. The summed E-state index contributed by atoms with van der Waals surface area (Å²) >= 11 is 0. The van der Waals surface area contributed by atoms with Crippen LogP contribution in [0.3, 0.4) is 0 Å². The van der Waals surface area contributed by atoms with E-state index in [-0.39, 0.29) is 5.69 Å². The molecule has 5 heteroatoms. The fourth-order valence-corrected chi connectivity index (χ4v) is 1.75. The summed E-state index contributed by atoms with van der Waals surface area (Å²) in [5.74, 6) is 1.31. The van der Waals surface area contributed by atoms with E-state index in [4.69, 9.17) is 9.47 Å². The van der Waals surface area contributed by atoms with Gasteiger partial charge in [-0.2, -0.15) is 0 Å². The van der Waals surface area contributed by atoms with Crippen molar-refractivity contribution in [2.24, 2.45) is 0 Å². The van der Waals surface area contributed by atoms with E-state index in [1.807, 2.05) is 19.1 Å². The van der Waals surface area contributed by atoms with E-state index in [1.165, 1.54) is 0 Å². The average molecular weight is 234 g/mol. The third kappa shape index (κ3) is 2.04. The van der Waals surface area contributed by atoms with E-state index in [9.17, 15) is 4.79 Å². The number of aromatic amines is 2. The molecule has 0 saturated heterocycles. The maximum absolute atomic E-state index is 11.1. The Balaban J connectivity index is 2.58. The van der Waals surface area contributed by atoms with Crippen LogP contribution in [0.15, 0.2) is 23.1 Å². The standard InChI is InChI=1S/C12H14N2O3/c1-7-4-10(16-2)11(17-3)5-8(7)9-6-13-12(15)14-9/h4-6H,1-3H3,(H2,13,14,15). The Morgan fingerprint density at radius 2 is 1.76 bits per heavy atom. The molecule has 0 radical (unpaired) electrons. The summed E-state index contributed by atoms with van der Waals surface area (Å²) in [5, 5.41) is 0. The number of nitrogens with one attached hydrogen (secondary N) is 2. The Hall–Kier alpha value is -2.17. The number of aromatic nitrogens is 2. The molecule has 0 aliphatic carbocycles. The van der Waals surface area contributed by atoms with Crippen molar-refractivity contribution in [1.29, 1.82) is 0 Å². The maximum Gasteiger partial charge on any atom is 0.323 e. The Morgan fingerprint density at radius 1 is 1.12 bits per heavy atom. The van der Waals surface area contributed by atoms with Gasteiger partial charge in [-0.3, -0.25) is 0 Å². The van der Waals surface area contributed by atoms with Gasteiger partial charge in [-0.15, -0.1) is 0 Å². The van der Waals surface area contributed by atoms with Crippen molar-refractivity contribution in [3.05, 3.63) is 34.4 Å². The highest BCUT2D eigenvalue weighted by molar-refractivity contribution is 5.67. The van der Waals surface area contributed by atoms with Crippen LogP contribution in [-0.4, -0.2) is 24.2 Å². The number of H-pyrrole nitrogens is 2. The number of methoxy groups -OCH3 is 2. The molecule has 0 aliphatic rings. The van der Waals surface area contributed by atoms with Crippen LogP contribution in [0.2, 0.25) is 0 Å². The number of hydrogen-bond acceptors (Lipinski definition) is 3. The molecule has 0 saturated carbocycles. The molecule has 0 unspecified atom stereocenters. The van der Waals surface area contributed by atoms with Crippen LogP contribution in [0.25, 0.3) is 11.3 Å². The predicted molar refractivity (Wildman–Crippen MR) is 64.7 cm³/mol. The molecule has 2 rings (SSSR count). The number of imidazole rings is 1. The van der Waals surface area contributed by atoms with Gasteiger partial charge < -0.3 is 19.4 Å². The largest absolute Gasteiger partial charge is 0.493 e. The lowest BCUT2D eigenvalue weighted by atomic mass is 10.1. The summed E-state index contributed by atoms with van der Waals surface area (Å²) in [4.78, 5) is 16.4. The minimum absolute atomic E-state index is 0.228. The van der Waals surface area contributed by atoms with Gasteiger partial charge in [0.05, 0.1) is 19.9 Å². The Labute approximate surface area is 98.4 Å². The van der Waals surface area contributed by atoms with Gasteiger partial charge in [-0.25, -0.2) is 4.79 Å². The lowest BCUT2D eigenvalue weighted by Crippen LogP contribution is -2.00. The SMILES string of the molecule is COc1cc(C)c(-c2c[nH]c(=O)[nH]2)cc1OC. The number of benzene rings is 1. The first-order chi connectivity index (χ1) is 8.15. The van der Waals surface area contributed by atoms with Crippen LogP contribution < -0.4 is 15.2 Å². The highest BCUT2D eigenvalue weighted by Crippen LogP contribution is 2.34. The van der Waals surface area contributed by atoms with Crippen molar-refractivity contribution in [1.82, 2.24) is 9.97 Å². The molecule has 1 aromatic heterocycles. The number of aryl methyl sites for hydroxylation is 1. The summed E-state index contributed by atoms with van der Waals surface area (Å²) in [6, 6.07) is 3.72. The quantitative estimate of drug-likeness (QED) is 0.849. The molecule has 17 heavy (non-hydrogen) atoms. The number of rotatable bonds is 3. The van der Waals surface area contributed by atoms with Gasteiger partial charge >= 0.3 is 5.69 Å². The summed E-state index contributed by atoms with van der Waals surface area (Å²) in [5.41, 5.74) is 2.40. The molecule has 1 aromatic carbocycles. The second-order valence-corrected chi connectivity index (χ2v) is 3.68. The summed E-state index contributed by atoms with van der Waals surface area (Å²) < 4.78 is 10.4. The van der Waals surface area contributed by atoms with E-state index in [0.29, 0.717) is 11.5 Å². The Bertz CT molecular complexity index is 584. The molecule has 90 valence electrons. The van der Waals surface area contributed by atoms with Gasteiger partial charge in [0.25, 0.3) is 0 Å². The number of ether oxygens (including phenoxy) is 2. The molecule has 0 fully saturated rings. The molecular formula is C12H14N2O3. The zero-order valence-electron chi connectivity index (χ0n) is 9.96. The van der Waals surface area contributed by atoms with Crippen molar-refractivity contribution < 1.29 is 9.47 Å². The normalized spacial score (nSPS) is 10.3. The van der Waals surface area contributed by atoms with Crippen molar-refractivity contribution in [3.63, 3.8) is 0 Å². The van der Waals surface area contributed by atoms with Crippen LogP contribution in [0.4, 0.5) is 0 Å². The minimum Gasteiger partial charge on any atom is -0.493 e. The van der Waals surface area contributed by atoms with Crippen molar-refractivity contribution in [2.45, 2.75) is 6.92 Å². The second kappa shape index (κ2) is 4.37. The van der Waals surface area contributed by atoms with E-state index in [1.54, 1.807) is 20.4 Å². The Morgan fingerprint density at radius 3 is 2.29 bits per heavy atom. The molecule has 0 aliphatic heterocycles. The molecule has 0 spiro atoms. The van der Waals surface area contributed by atoms with Gasteiger partial charge in [-0.05, 0) is 24.6 Å². The van der Waals surface area contributed by atoms with Gasteiger partial charge in [0.2, 0.25) is 0 Å². The van der Waals surface area contributed by atoms with Crippen molar-refractivity contribution in [3.8, 4) is 22.8 Å². The van der Waals surface area contributed by atoms with E-state index >= 15 is 0 Å². The lowest BCUT2D eigenvalue weighted by Gasteiger charge is -2.11. The van der Waals surface area contributed by atoms with Gasteiger partial charge in [-0.1, -0.05) is 0 Å². The monoisotopic (exact) mass is 234 g/mol. The third-order valence-corrected chi connectivity index (χ3v) is 2.62. The average Bonchev–Trinajstić information content (AvgIpc) is 2.75. The highest BCUT2D eigenvalue weighted by atomic mass is 16.5. The molecule has 2 N–H and O–H groups in total. The first kappa shape index (κ1) is 11.3. The molecule has 0 bridgehead atoms. The molecule has 5 nitrogen and oxygen atoms in total. The fourth-order valence-electron chi connectivity index (χ4n) is 1.75. The first-order valence-corrected chi connectivity index (χ1v) is 5.16. The fraction of sp³-hybridized carbons (Fsp3) is 0.250. The van der Waals surface area contributed by atoms with E-state index in [0.717, 1.165) is 16.8 Å². The topological polar surface area (TPSA) is 67.1 Å². The van der Waals surface area contributed by atoms with Crippen molar-refractivity contribution >= 4 is 0 Å². The van der Waals surface area contributed by atoms with Crippen LogP contribution in [-0.2, 0) is 0 Å². The predicted octanol–water partition coefficient (Wildman–Crippen LogP) is 1.70. The van der Waals surface area contributed by atoms with Crippen LogP contribution in [0, 0.1) is 6.92 Å². The first-order valence-electron chi connectivity index (χ1n) is 5.16. The third-order valence-electron chi connectivity index (χ3n) is 2.62. The van der Waals surface area contributed by atoms with Gasteiger partial charge in [0.1, 0.15) is 0 Å². The van der Waals surface area contributed by atoms with E-state index < -0.39 is 0 Å². The maximum atomic E-state index is 11.1.